The molecule has 27 heavy (non-hydrogen) atoms. The lowest BCUT2D eigenvalue weighted by atomic mass is 10.0. The van der Waals surface area contributed by atoms with Crippen molar-refractivity contribution in [1.29, 1.82) is 0 Å². The summed E-state index contributed by atoms with van der Waals surface area (Å²) in [5.41, 5.74) is 3.73. The van der Waals surface area contributed by atoms with Crippen LogP contribution in [0, 0.1) is 0 Å². The fourth-order valence-corrected chi connectivity index (χ4v) is 3.18. The second kappa shape index (κ2) is 7.17. The highest BCUT2D eigenvalue weighted by Gasteiger charge is 2.28. The molecule has 1 unspecified atom stereocenters. The molecule has 1 aromatic heterocycles. The van der Waals surface area contributed by atoms with Gasteiger partial charge in [-0.05, 0) is 35.4 Å². The third-order valence-electron chi connectivity index (χ3n) is 4.42. The van der Waals surface area contributed by atoms with E-state index in [1.165, 1.54) is 0 Å². The number of benzene rings is 2. The molecule has 2 heterocycles. The van der Waals surface area contributed by atoms with Crippen molar-refractivity contribution in [3.63, 3.8) is 0 Å². The Kier molecular flexibility index (Phi) is 4.56. The van der Waals surface area contributed by atoms with Gasteiger partial charge < -0.3 is 10.6 Å². The summed E-state index contributed by atoms with van der Waals surface area (Å²) in [6.07, 6.45) is 3.71. The largest absolute Gasteiger partial charge is 0.340 e. The molecule has 7 heteroatoms. The molecule has 134 valence electrons. The highest BCUT2D eigenvalue weighted by Crippen LogP contribution is 2.24. The number of fused-ring (bicyclic) bond motifs is 1. The Balaban J connectivity index is 1.53. The van der Waals surface area contributed by atoms with Gasteiger partial charge >= 0.3 is 0 Å². The number of carbonyl (C=O) groups is 2. The quantitative estimate of drug-likeness (QED) is 0.733. The van der Waals surface area contributed by atoms with Gasteiger partial charge in [0.15, 0.2) is 0 Å². The Labute approximate surface area is 160 Å². The zero-order chi connectivity index (χ0) is 18.8. The predicted octanol–water partition coefficient (Wildman–Crippen LogP) is 3.09. The third-order valence-corrected chi connectivity index (χ3v) is 4.65. The van der Waals surface area contributed by atoms with Crippen molar-refractivity contribution >= 4 is 29.1 Å². The molecule has 3 aromatic rings. The first-order valence-corrected chi connectivity index (χ1v) is 8.75. The molecule has 6 nitrogen and oxygen atoms in total. The van der Waals surface area contributed by atoms with E-state index in [0.29, 0.717) is 22.7 Å². The minimum atomic E-state index is -0.669. The summed E-state index contributed by atoms with van der Waals surface area (Å²) in [5.74, 6) is -0.581. The van der Waals surface area contributed by atoms with Crippen LogP contribution in [0.1, 0.15) is 15.9 Å². The van der Waals surface area contributed by atoms with E-state index in [9.17, 15) is 9.59 Å². The molecule has 0 radical (unpaired) electrons. The van der Waals surface area contributed by atoms with Gasteiger partial charge in [-0.2, -0.15) is 10.2 Å². The monoisotopic (exact) mass is 378 g/mol. The second-order valence-electron chi connectivity index (χ2n) is 6.24. The molecule has 0 saturated carbocycles. The highest BCUT2D eigenvalue weighted by atomic mass is 35.5. The lowest BCUT2D eigenvalue weighted by Crippen LogP contribution is -2.42. The molecular formula is C20H15ClN4O2. The van der Waals surface area contributed by atoms with E-state index in [1.54, 1.807) is 30.6 Å². The first-order valence-electron chi connectivity index (χ1n) is 8.37. The van der Waals surface area contributed by atoms with Crippen LogP contribution >= 0.6 is 11.6 Å². The third kappa shape index (κ3) is 3.66. The molecule has 2 amide bonds. The zero-order valence-electron chi connectivity index (χ0n) is 14.1. The maximum atomic E-state index is 12.5. The van der Waals surface area contributed by atoms with Gasteiger partial charge in [-0.25, -0.2) is 0 Å². The van der Waals surface area contributed by atoms with Crippen molar-refractivity contribution in [2.75, 3.05) is 5.32 Å². The van der Waals surface area contributed by atoms with Gasteiger partial charge in [0.05, 0.1) is 23.6 Å². The van der Waals surface area contributed by atoms with Gasteiger partial charge in [0.25, 0.3) is 5.91 Å². The molecular weight excluding hydrogens is 364 g/mol. The number of hydrogen-bond donors (Lipinski definition) is 2. The maximum absolute atomic E-state index is 12.5. The number of anilines is 1. The first kappa shape index (κ1) is 17.2. The van der Waals surface area contributed by atoms with Crippen LogP contribution in [-0.2, 0) is 11.2 Å². The van der Waals surface area contributed by atoms with Crippen molar-refractivity contribution < 1.29 is 9.59 Å². The summed E-state index contributed by atoms with van der Waals surface area (Å²) in [4.78, 5) is 25.0. The van der Waals surface area contributed by atoms with Crippen LogP contribution in [0.3, 0.4) is 0 Å². The number of nitrogens with zero attached hydrogens (tertiary/aromatic N) is 2. The standard InChI is InChI=1S/C20H15ClN4O2/c21-15-5-6-17-16(10-15)19(26)25-18(20(27)24-17)9-12-1-3-13(4-2-12)14-7-8-22-23-11-14/h1-8,10-11,18H,9H2,(H,24,27)(H,25,26). The smallest absolute Gasteiger partial charge is 0.254 e. The molecule has 1 aliphatic heterocycles. The number of hydrogen-bond acceptors (Lipinski definition) is 4. The molecule has 1 aliphatic rings. The zero-order valence-corrected chi connectivity index (χ0v) is 14.9. The van der Waals surface area contributed by atoms with Crippen molar-refractivity contribution in [3.05, 3.63) is 77.1 Å². The Morgan fingerprint density at radius 1 is 0.963 bits per heavy atom. The van der Waals surface area contributed by atoms with Crippen LogP contribution < -0.4 is 10.6 Å². The summed E-state index contributed by atoms with van der Waals surface area (Å²) >= 11 is 5.96. The van der Waals surface area contributed by atoms with Crippen LogP contribution in [0.4, 0.5) is 5.69 Å². The number of nitrogens with one attached hydrogen (secondary N) is 2. The van der Waals surface area contributed by atoms with Gasteiger partial charge in [0.1, 0.15) is 6.04 Å². The normalized spacial score (nSPS) is 16.1. The lowest BCUT2D eigenvalue weighted by Gasteiger charge is -2.15. The minimum absolute atomic E-state index is 0.258. The molecule has 0 aliphatic carbocycles. The van der Waals surface area contributed by atoms with Gasteiger partial charge in [0, 0.05) is 17.0 Å². The van der Waals surface area contributed by atoms with Crippen molar-refractivity contribution in [3.8, 4) is 11.1 Å². The van der Waals surface area contributed by atoms with Gasteiger partial charge in [0.2, 0.25) is 5.91 Å². The Bertz CT molecular complexity index is 1010. The topological polar surface area (TPSA) is 84.0 Å². The van der Waals surface area contributed by atoms with E-state index in [2.05, 4.69) is 20.8 Å². The van der Waals surface area contributed by atoms with E-state index in [1.807, 2.05) is 30.3 Å². The number of carbonyl (C=O) groups excluding carboxylic acids is 2. The van der Waals surface area contributed by atoms with Gasteiger partial charge in [-0.1, -0.05) is 35.9 Å². The summed E-state index contributed by atoms with van der Waals surface area (Å²) in [5, 5.41) is 13.7. The van der Waals surface area contributed by atoms with Crippen LogP contribution in [-0.4, -0.2) is 28.1 Å². The summed E-state index contributed by atoms with van der Waals surface area (Å²) < 4.78 is 0. The van der Waals surface area contributed by atoms with E-state index in [4.69, 9.17) is 11.6 Å². The number of aromatic nitrogens is 2. The molecule has 2 N–H and O–H groups in total. The average molecular weight is 379 g/mol. The van der Waals surface area contributed by atoms with E-state index in [-0.39, 0.29) is 11.8 Å². The fraction of sp³-hybridized carbons (Fsp3) is 0.100. The van der Waals surface area contributed by atoms with Crippen LogP contribution in [0.2, 0.25) is 5.02 Å². The summed E-state index contributed by atoms with van der Waals surface area (Å²) in [7, 11) is 0. The fourth-order valence-electron chi connectivity index (χ4n) is 3.01. The number of rotatable bonds is 3. The van der Waals surface area contributed by atoms with Gasteiger partial charge in [-0.3, -0.25) is 9.59 Å². The molecule has 0 spiro atoms. The van der Waals surface area contributed by atoms with Crippen molar-refractivity contribution in [2.45, 2.75) is 12.5 Å². The van der Waals surface area contributed by atoms with Crippen LogP contribution in [0.25, 0.3) is 11.1 Å². The minimum Gasteiger partial charge on any atom is -0.340 e. The summed E-state index contributed by atoms with van der Waals surface area (Å²) in [6, 6.07) is 13.8. The van der Waals surface area contributed by atoms with Crippen LogP contribution in [0.5, 0.6) is 0 Å². The predicted molar refractivity (Wildman–Crippen MR) is 103 cm³/mol. The van der Waals surface area contributed by atoms with E-state index >= 15 is 0 Å². The maximum Gasteiger partial charge on any atom is 0.254 e. The lowest BCUT2D eigenvalue weighted by molar-refractivity contribution is -0.117. The van der Waals surface area contributed by atoms with Crippen LogP contribution in [0.15, 0.2) is 60.9 Å². The molecule has 2 aromatic carbocycles. The van der Waals surface area contributed by atoms with E-state index in [0.717, 1.165) is 16.7 Å². The first-order chi connectivity index (χ1) is 13.1. The second-order valence-corrected chi connectivity index (χ2v) is 6.67. The molecule has 0 saturated heterocycles. The van der Waals surface area contributed by atoms with Gasteiger partial charge in [-0.15, -0.1) is 0 Å². The Morgan fingerprint density at radius 2 is 1.78 bits per heavy atom. The molecule has 4 rings (SSSR count). The average Bonchev–Trinajstić information content (AvgIpc) is 2.80. The summed E-state index contributed by atoms with van der Waals surface area (Å²) in [6.45, 7) is 0. The van der Waals surface area contributed by atoms with E-state index < -0.39 is 6.04 Å². The Morgan fingerprint density at radius 3 is 2.52 bits per heavy atom. The number of amides is 2. The number of halogens is 1. The molecule has 0 fully saturated rings. The SMILES string of the molecule is O=C1NC(Cc2ccc(-c3ccnnc3)cc2)C(=O)Nc2ccc(Cl)cc21. The Hall–Kier alpha value is -3.25. The molecule has 1 atom stereocenters. The van der Waals surface area contributed by atoms with Crippen molar-refractivity contribution in [1.82, 2.24) is 15.5 Å². The van der Waals surface area contributed by atoms with Crippen molar-refractivity contribution in [2.24, 2.45) is 0 Å². The molecule has 0 bridgehead atoms. The highest BCUT2D eigenvalue weighted by molar-refractivity contribution is 6.31.